The van der Waals surface area contributed by atoms with E-state index in [-0.39, 0.29) is 5.78 Å². The summed E-state index contributed by atoms with van der Waals surface area (Å²) >= 11 is 11.9. The van der Waals surface area contributed by atoms with E-state index < -0.39 is 0 Å². The molecule has 1 aromatic carbocycles. The second-order valence-corrected chi connectivity index (χ2v) is 6.38. The topological polar surface area (TPSA) is 23.6 Å². The van der Waals surface area contributed by atoms with E-state index in [1.165, 1.54) is 0 Å². The summed E-state index contributed by atoms with van der Waals surface area (Å²) in [5.74, 6) is 0.246. The Balaban J connectivity index is 1.93. The van der Waals surface area contributed by atoms with Crippen LogP contribution in [0.2, 0.25) is 10.0 Å². The summed E-state index contributed by atoms with van der Waals surface area (Å²) in [6.07, 6.45) is 1.01. The van der Waals surface area contributed by atoms with Gasteiger partial charge >= 0.3 is 0 Å². The Bertz CT molecular complexity index is 493. The van der Waals surface area contributed by atoms with Crippen molar-refractivity contribution in [2.75, 3.05) is 33.7 Å². The maximum absolute atomic E-state index is 12.2. The molecule has 1 fully saturated rings. The Labute approximate surface area is 130 Å². The van der Waals surface area contributed by atoms with Crippen molar-refractivity contribution in [2.45, 2.75) is 18.9 Å². The highest BCUT2D eigenvalue weighted by Crippen LogP contribution is 2.23. The van der Waals surface area contributed by atoms with Gasteiger partial charge in [-0.2, -0.15) is 0 Å². The van der Waals surface area contributed by atoms with Gasteiger partial charge in [-0.3, -0.25) is 4.79 Å². The van der Waals surface area contributed by atoms with E-state index in [4.69, 9.17) is 23.2 Å². The average Bonchev–Trinajstić information content (AvgIpc) is 2.38. The van der Waals surface area contributed by atoms with Gasteiger partial charge in [-0.25, -0.2) is 0 Å². The first-order chi connectivity index (χ1) is 9.45. The van der Waals surface area contributed by atoms with Crippen LogP contribution in [0.3, 0.4) is 0 Å². The Morgan fingerprint density at radius 2 is 2.00 bits per heavy atom. The van der Waals surface area contributed by atoms with Crippen molar-refractivity contribution in [1.29, 1.82) is 0 Å². The van der Waals surface area contributed by atoms with Crippen LogP contribution in [-0.4, -0.2) is 55.4 Å². The number of piperazine rings is 1. The lowest BCUT2D eigenvalue weighted by Crippen LogP contribution is -2.50. The number of nitrogens with zero attached hydrogens (tertiary/aromatic N) is 2. The fourth-order valence-corrected chi connectivity index (χ4v) is 2.85. The zero-order valence-corrected chi connectivity index (χ0v) is 13.4. The highest BCUT2D eigenvalue weighted by atomic mass is 35.5. The van der Waals surface area contributed by atoms with Gasteiger partial charge in [0.25, 0.3) is 0 Å². The van der Waals surface area contributed by atoms with E-state index in [1.807, 2.05) is 6.07 Å². The Morgan fingerprint density at radius 1 is 1.25 bits per heavy atom. The number of hydrogen-bond donors (Lipinski definition) is 0. The summed E-state index contributed by atoms with van der Waals surface area (Å²) in [5.41, 5.74) is 0.927. The largest absolute Gasteiger partial charge is 0.304 e. The summed E-state index contributed by atoms with van der Waals surface area (Å²) in [6, 6.07) is 5.69. The number of carbonyl (C=O) groups is 1. The van der Waals surface area contributed by atoms with E-state index in [1.54, 1.807) is 12.1 Å². The highest BCUT2D eigenvalue weighted by Gasteiger charge is 2.24. The summed E-state index contributed by atoms with van der Waals surface area (Å²) < 4.78 is 0. The standard InChI is InChI=1S/C15H20Cl2N2O/c1-18-5-6-19(2)12(10-18)9-13(20)7-11-3-4-14(16)15(17)8-11/h3-4,8,12H,5-7,9-10H2,1-2H3. The maximum Gasteiger partial charge on any atom is 0.138 e. The van der Waals surface area contributed by atoms with Crippen LogP contribution in [-0.2, 0) is 11.2 Å². The molecule has 2 rings (SSSR count). The third-order valence-electron chi connectivity index (χ3n) is 3.83. The molecule has 1 unspecified atom stereocenters. The van der Waals surface area contributed by atoms with Gasteiger partial charge in [0.05, 0.1) is 10.0 Å². The predicted molar refractivity (Wildman–Crippen MR) is 83.7 cm³/mol. The molecule has 0 saturated carbocycles. The van der Waals surface area contributed by atoms with Gasteiger partial charge in [-0.05, 0) is 31.8 Å². The molecule has 110 valence electrons. The van der Waals surface area contributed by atoms with E-state index in [9.17, 15) is 4.79 Å². The zero-order chi connectivity index (χ0) is 14.7. The quantitative estimate of drug-likeness (QED) is 0.853. The normalized spacial score (nSPS) is 21.1. The number of benzene rings is 1. The third-order valence-corrected chi connectivity index (χ3v) is 4.57. The summed E-state index contributed by atoms with van der Waals surface area (Å²) in [7, 11) is 4.19. The number of likely N-dealkylation sites (N-methyl/N-ethyl adjacent to an activating group) is 2. The summed E-state index contributed by atoms with van der Waals surface area (Å²) in [5, 5.41) is 1.03. The number of halogens is 2. The molecule has 0 radical (unpaired) electrons. The summed E-state index contributed by atoms with van der Waals surface area (Å²) in [4.78, 5) is 16.8. The fraction of sp³-hybridized carbons (Fsp3) is 0.533. The number of carbonyl (C=O) groups excluding carboxylic acids is 1. The minimum absolute atomic E-state index is 0.246. The molecular weight excluding hydrogens is 295 g/mol. The molecule has 1 atom stereocenters. The van der Waals surface area contributed by atoms with Crippen molar-refractivity contribution in [3.8, 4) is 0 Å². The van der Waals surface area contributed by atoms with Crippen molar-refractivity contribution in [2.24, 2.45) is 0 Å². The Hall–Kier alpha value is -0.610. The first-order valence-electron chi connectivity index (χ1n) is 6.80. The van der Waals surface area contributed by atoms with Crippen LogP contribution in [0, 0.1) is 0 Å². The lowest BCUT2D eigenvalue weighted by molar-refractivity contribution is -0.120. The molecular formula is C15H20Cl2N2O. The van der Waals surface area contributed by atoms with Crippen LogP contribution < -0.4 is 0 Å². The van der Waals surface area contributed by atoms with Gasteiger partial charge in [0.1, 0.15) is 5.78 Å². The molecule has 1 saturated heterocycles. The SMILES string of the molecule is CN1CCN(C)C(CC(=O)Cc2ccc(Cl)c(Cl)c2)C1. The predicted octanol–water partition coefficient (Wildman–Crippen LogP) is 2.74. The first kappa shape index (κ1) is 15.8. The van der Waals surface area contributed by atoms with E-state index in [2.05, 4.69) is 23.9 Å². The molecule has 0 spiro atoms. The summed E-state index contributed by atoms with van der Waals surface area (Å²) in [6.45, 7) is 3.03. The van der Waals surface area contributed by atoms with Gasteiger partial charge in [0.15, 0.2) is 0 Å². The molecule has 1 aromatic rings. The maximum atomic E-state index is 12.2. The van der Waals surface area contributed by atoms with Gasteiger partial charge in [-0.1, -0.05) is 29.3 Å². The van der Waals surface area contributed by atoms with Crippen molar-refractivity contribution in [1.82, 2.24) is 9.80 Å². The van der Waals surface area contributed by atoms with Gasteiger partial charge in [0, 0.05) is 38.5 Å². The molecule has 0 aromatic heterocycles. The molecule has 1 aliphatic heterocycles. The van der Waals surface area contributed by atoms with Crippen molar-refractivity contribution in [3.05, 3.63) is 33.8 Å². The van der Waals surface area contributed by atoms with Crippen LogP contribution in [0.25, 0.3) is 0 Å². The van der Waals surface area contributed by atoms with E-state index in [0.717, 1.165) is 25.2 Å². The lowest BCUT2D eigenvalue weighted by atomic mass is 10.0. The molecule has 0 bridgehead atoms. The fourth-order valence-electron chi connectivity index (χ4n) is 2.53. The molecule has 1 heterocycles. The van der Waals surface area contributed by atoms with Crippen molar-refractivity contribution < 1.29 is 4.79 Å². The Morgan fingerprint density at radius 3 is 2.70 bits per heavy atom. The molecule has 1 aliphatic rings. The Kier molecular flexibility index (Phi) is 5.44. The number of rotatable bonds is 4. The second-order valence-electron chi connectivity index (χ2n) is 5.56. The third kappa shape index (κ3) is 4.19. The smallest absolute Gasteiger partial charge is 0.138 e. The highest BCUT2D eigenvalue weighted by molar-refractivity contribution is 6.42. The minimum Gasteiger partial charge on any atom is -0.304 e. The molecule has 3 nitrogen and oxygen atoms in total. The minimum atomic E-state index is 0.246. The van der Waals surface area contributed by atoms with Crippen molar-refractivity contribution in [3.63, 3.8) is 0 Å². The van der Waals surface area contributed by atoms with Gasteiger partial charge in [0.2, 0.25) is 0 Å². The van der Waals surface area contributed by atoms with E-state index in [0.29, 0.717) is 28.9 Å². The molecule has 5 heteroatoms. The molecule has 0 N–H and O–H groups in total. The van der Waals surface area contributed by atoms with Gasteiger partial charge in [-0.15, -0.1) is 0 Å². The van der Waals surface area contributed by atoms with Crippen LogP contribution in [0.4, 0.5) is 0 Å². The number of Topliss-reactive ketones (excluding diaryl/α,β-unsaturated/α-hetero) is 1. The van der Waals surface area contributed by atoms with Gasteiger partial charge < -0.3 is 9.80 Å². The van der Waals surface area contributed by atoms with Crippen LogP contribution in [0.15, 0.2) is 18.2 Å². The zero-order valence-electron chi connectivity index (χ0n) is 11.9. The first-order valence-corrected chi connectivity index (χ1v) is 7.55. The monoisotopic (exact) mass is 314 g/mol. The average molecular weight is 315 g/mol. The number of ketones is 1. The van der Waals surface area contributed by atoms with Crippen molar-refractivity contribution >= 4 is 29.0 Å². The molecule has 20 heavy (non-hydrogen) atoms. The molecule has 0 amide bonds. The van der Waals surface area contributed by atoms with Crippen LogP contribution in [0.5, 0.6) is 0 Å². The lowest BCUT2D eigenvalue weighted by Gasteiger charge is -2.37. The second kappa shape index (κ2) is 6.90. The van der Waals surface area contributed by atoms with Crippen LogP contribution in [0.1, 0.15) is 12.0 Å². The number of hydrogen-bond acceptors (Lipinski definition) is 3. The van der Waals surface area contributed by atoms with Crippen LogP contribution >= 0.6 is 23.2 Å². The molecule has 0 aliphatic carbocycles. The van der Waals surface area contributed by atoms with E-state index >= 15 is 0 Å².